The number of unbranched alkanes of at least 4 members (excludes halogenated alkanes) is 1. The zero-order chi connectivity index (χ0) is 25.1. The minimum atomic E-state index is -0.586. The Morgan fingerprint density at radius 2 is 1.71 bits per heavy atom. The molecule has 0 amide bonds. The molecule has 3 aliphatic rings. The van der Waals surface area contributed by atoms with Crippen LogP contribution in [-0.4, -0.2) is 42.8 Å². The monoisotopic (exact) mass is 507 g/mol. The highest BCUT2D eigenvalue weighted by molar-refractivity contribution is 7.59. The molecule has 5 nitrogen and oxygen atoms in total. The lowest BCUT2D eigenvalue weighted by molar-refractivity contribution is 0.0829. The molecule has 2 aliphatic heterocycles. The number of carbonyl (C=O) groups is 1. The minimum Gasteiger partial charge on any atom is -0.388 e. The lowest BCUT2D eigenvalue weighted by atomic mass is 9.71. The fourth-order valence-electron chi connectivity index (χ4n) is 4.83. The molecule has 200 valence electrons. The SMILES string of the molecule is CC1(C)Cc2nc(C3CCOCC3)c(C=O)c(C3=CCOCC3)c2[C@@H](O)C1.CCC.CCCC.S. The van der Waals surface area contributed by atoms with E-state index in [-0.39, 0.29) is 24.8 Å². The van der Waals surface area contributed by atoms with E-state index in [0.29, 0.717) is 38.4 Å². The van der Waals surface area contributed by atoms with Crippen molar-refractivity contribution in [1.82, 2.24) is 4.98 Å². The fourth-order valence-corrected chi connectivity index (χ4v) is 4.83. The van der Waals surface area contributed by atoms with Gasteiger partial charge in [0, 0.05) is 36.0 Å². The summed E-state index contributed by atoms with van der Waals surface area (Å²) < 4.78 is 11.0. The Labute approximate surface area is 220 Å². The van der Waals surface area contributed by atoms with E-state index in [2.05, 4.69) is 47.6 Å². The topological polar surface area (TPSA) is 68.7 Å². The summed E-state index contributed by atoms with van der Waals surface area (Å²) in [5.41, 5.74) is 5.47. The van der Waals surface area contributed by atoms with Gasteiger partial charge in [0.15, 0.2) is 6.29 Å². The number of aromatic nitrogens is 1. The summed E-state index contributed by atoms with van der Waals surface area (Å²) in [6, 6.07) is 0. The molecule has 0 radical (unpaired) electrons. The molecule has 6 heteroatoms. The molecule has 1 aromatic heterocycles. The average Bonchev–Trinajstić information content (AvgIpc) is 2.84. The van der Waals surface area contributed by atoms with Crippen LogP contribution < -0.4 is 0 Å². The highest BCUT2D eigenvalue weighted by Crippen LogP contribution is 2.46. The molecule has 0 aromatic carbocycles. The van der Waals surface area contributed by atoms with Gasteiger partial charge in [-0.05, 0) is 48.7 Å². The highest BCUT2D eigenvalue weighted by atomic mass is 32.1. The van der Waals surface area contributed by atoms with E-state index >= 15 is 0 Å². The van der Waals surface area contributed by atoms with Crippen LogP contribution in [0.5, 0.6) is 0 Å². The Morgan fingerprint density at radius 1 is 1.09 bits per heavy atom. The number of aldehydes is 1. The van der Waals surface area contributed by atoms with Crippen LogP contribution in [0.3, 0.4) is 0 Å². The van der Waals surface area contributed by atoms with E-state index in [0.717, 1.165) is 60.1 Å². The standard InChI is InChI=1S/C22H29NO4.C4H10.C3H8.H2S/c1-22(2)11-17-20(18(25)12-22)19(14-3-7-26-8-4-14)16(13-24)21(23-17)15-5-9-27-10-6-15;1-3-4-2;1-3-2;/h3,13,15,18,25H,4-12H2,1-2H3;3-4H2,1-2H3;3H2,1-2H3;1H2/t18-;;;/m0.../s1. The Kier molecular flexibility index (Phi) is 14.4. The number of aliphatic hydroxyl groups is 1. The summed E-state index contributed by atoms with van der Waals surface area (Å²) in [7, 11) is 0. The predicted octanol–water partition coefficient (Wildman–Crippen LogP) is 6.93. The van der Waals surface area contributed by atoms with E-state index in [1.165, 1.54) is 19.3 Å². The molecule has 1 aromatic rings. The molecule has 3 heterocycles. The van der Waals surface area contributed by atoms with Crippen molar-refractivity contribution in [2.24, 2.45) is 5.41 Å². The predicted molar refractivity (Wildman–Crippen MR) is 150 cm³/mol. The highest BCUT2D eigenvalue weighted by Gasteiger charge is 2.37. The molecule has 0 bridgehead atoms. The van der Waals surface area contributed by atoms with Crippen LogP contribution in [0.25, 0.3) is 5.57 Å². The summed E-state index contributed by atoms with van der Waals surface area (Å²) in [6.07, 6.45) is 10.4. The van der Waals surface area contributed by atoms with Crippen molar-refractivity contribution in [2.45, 2.75) is 105 Å². The third-order valence-electron chi connectivity index (χ3n) is 6.62. The Balaban J connectivity index is 0.000000684. The fraction of sp³-hybridized carbons (Fsp3) is 0.724. The molecule has 1 aliphatic carbocycles. The molecular weight excluding hydrogens is 458 g/mol. The summed E-state index contributed by atoms with van der Waals surface area (Å²) in [6.45, 7) is 15.6. The van der Waals surface area contributed by atoms with Gasteiger partial charge < -0.3 is 14.6 Å². The maximum Gasteiger partial charge on any atom is 0.152 e. The number of rotatable bonds is 4. The van der Waals surface area contributed by atoms with Gasteiger partial charge in [-0.25, -0.2) is 0 Å². The van der Waals surface area contributed by atoms with Crippen LogP contribution in [0.2, 0.25) is 0 Å². The number of ether oxygens (including phenoxy) is 2. The quantitative estimate of drug-likeness (QED) is 0.447. The van der Waals surface area contributed by atoms with Crippen LogP contribution in [0, 0.1) is 5.41 Å². The van der Waals surface area contributed by atoms with Crippen molar-refractivity contribution in [3.8, 4) is 0 Å². The van der Waals surface area contributed by atoms with Gasteiger partial charge >= 0.3 is 0 Å². The number of hydrogen-bond donors (Lipinski definition) is 1. The first kappa shape index (κ1) is 31.8. The second-order valence-electron chi connectivity index (χ2n) is 10.5. The first-order chi connectivity index (χ1) is 16.3. The van der Waals surface area contributed by atoms with Crippen LogP contribution >= 0.6 is 13.5 Å². The van der Waals surface area contributed by atoms with E-state index in [1.807, 2.05) is 0 Å². The number of carbonyl (C=O) groups excluding carboxylic acids is 1. The van der Waals surface area contributed by atoms with Crippen LogP contribution in [0.1, 0.15) is 131 Å². The van der Waals surface area contributed by atoms with Crippen molar-refractivity contribution in [1.29, 1.82) is 0 Å². The van der Waals surface area contributed by atoms with Gasteiger partial charge in [-0.2, -0.15) is 13.5 Å². The molecular formula is C29H49NO4S. The Bertz CT molecular complexity index is 813. The average molecular weight is 508 g/mol. The van der Waals surface area contributed by atoms with E-state index in [9.17, 15) is 9.90 Å². The summed E-state index contributed by atoms with van der Waals surface area (Å²) >= 11 is 0. The van der Waals surface area contributed by atoms with E-state index in [4.69, 9.17) is 14.5 Å². The lowest BCUT2D eigenvalue weighted by Gasteiger charge is -2.37. The molecule has 0 spiro atoms. The molecule has 1 saturated heterocycles. The van der Waals surface area contributed by atoms with Crippen LogP contribution in [0.4, 0.5) is 0 Å². The van der Waals surface area contributed by atoms with Gasteiger partial charge in [-0.1, -0.05) is 66.9 Å². The van der Waals surface area contributed by atoms with Crippen molar-refractivity contribution in [3.05, 3.63) is 34.2 Å². The Hall–Kier alpha value is -1.21. The maximum atomic E-state index is 12.2. The van der Waals surface area contributed by atoms with Crippen molar-refractivity contribution in [2.75, 3.05) is 26.4 Å². The normalized spacial score (nSPS) is 21.1. The lowest BCUT2D eigenvalue weighted by Crippen LogP contribution is -2.30. The first-order valence-corrected chi connectivity index (χ1v) is 13.4. The zero-order valence-corrected chi connectivity index (χ0v) is 23.9. The smallest absolute Gasteiger partial charge is 0.152 e. The summed E-state index contributed by atoms with van der Waals surface area (Å²) in [5, 5.41) is 11.0. The van der Waals surface area contributed by atoms with Crippen molar-refractivity contribution >= 4 is 25.4 Å². The van der Waals surface area contributed by atoms with Crippen LogP contribution in [-0.2, 0) is 15.9 Å². The number of fused-ring (bicyclic) bond motifs is 1. The number of nitrogens with zero attached hydrogens (tertiary/aromatic N) is 1. The summed E-state index contributed by atoms with van der Waals surface area (Å²) in [4.78, 5) is 17.2. The molecule has 4 rings (SSSR count). The van der Waals surface area contributed by atoms with Crippen molar-refractivity contribution in [3.63, 3.8) is 0 Å². The second kappa shape index (κ2) is 15.8. The van der Waals surface area contributed by atoms with Gasteiger partial charge in [-0.15, -0.1) is 0 Å². The van der Waals surface area contributed by atoms with Gasteiger partial charge in [0.25, 0.3) is 0 Å². The number of hydrogen-bond acceptors (Lipinski definition) is 5. The number of pyridine rings is 1. The zero-order valence-electron chi connectivity index (χ0n) is 22.9. The molecule has 0 saturated carbocycles. The van der Waals surface area contributed by atoms with Crippen LogP contribution in [0.15, 0.2) is 6.08 Å². The third-order valence-corrected chi connectivity index (χ3v) is 6.62. The minimum absolute atomic E-state index is 0. The van der Waals surface area contributed by atoms with Gasteiger partial charge in [0.1, 0.15) is 0 Å². The van der Waals surface area contributed by atoms with E-state index < -0.39 is 6.10 Å². The van der Waals surface area contributed by atoms with Gasteiger partial charge in [0.05, 0.1) is 25.0 Å². The van der Waals surface area contributed by atoms with Crippen molar-refractivity contribution < 1.29 is 19.4 Å². The molecule has 1 fully saturated rings. The Morgan fingerprint density at radius 3 is 2.23 bits per heavy atom. The largest absolute Gasteiger partial charge is 0.388 e. The molecule has 1 atom stereocenters. The summed E-state index contributed by atoms with van der Waals surface area (Å²) in [5.74, 6) is 0.241. The second-order valence-corrected chi connectivity index (χ2v) is 10.5. The van der Waals surface area contributed by atoms with Gasteiger partial charge in [-0.3, -0.25) is 9.78 Å². The van der Waals surface area contributed by atoms with E-state index in [1.54, 1.807) is 0 Å². The molecule has 0 unspecified atom stereocenters. The first-order valence-electron chi connectivity index (χ1n) is 13.4. The molecule has 35 heavy (non-hydrogen) atoms. The third kappa shape index (κ3) is 8.70. The number of aliphatic hydroxyl groups excluding tert-OH is 1. The van der Waals surface area contributed by atoms with Gasteiger partial charge in [0.2, 0.25) is 0 Å². The molecule has 1 N–H and O–H groups in total. The maximum absolute atomic E-state index is 12.2.